The summed E-state index contributed by atoms with van der Waals surface area (Å²) in [6.45, 7) is 4.52. The molecule has 0 N–H and O–H groups in total. The Balaban J connectivity index is 1.51. The highest BCUT2D eigenvalue weighted by atomic mass is 14.9. The molecule has 1 aliphatic carbocycles. The van der Waals surface area contributed by atoms with Crippen LogP contribution >= 0.6 is 0 Å². The van der Waals surface area contributed by atoms with E-state index < -0.39 is 0 Å². The first-order valence-corrected chi connectivity index (χ1v) is 11.6. The normalized spacial score (nSPS) is 19.6. The van der Waals surface area contributed by atoms with Crippen molar-refractivity contribution in [3.05, 3.63) is 42.0 Å². The number of rotatable bonds is 10. The molecule has 0 amide bonds. The van der Waals surface area contributed by atoms with Gasteiger partial charge < -0.3 is 0 Å². The van der Waals surface area contributed by atoms with Crippen LogP contribution in [0.1, 0.15) is 102 Å². The number of unbranched alkanes of at least 4 members (excludes halogenated alkanes) is 4. The summed E-state index contributed by atoms with van der Waals surface area (Å²) in [6, 6.07) is 4.36. The van der Waals surface area contributed by atoms with Crippen molar-refractivity contribution < 1.29 is 0 Å². The average Bonchev–Trinajstić information content (AvgIpc) is 2.75. The topological polar surface area (TPSA) is 38.7 Å². The lowest BCUT2D eigenvalue weighted by Crippen LogP contribution is -2.14. The van der Waals surface area contributed by atoms with E-state index in [4.69, 9.17) is 4.98 Å². The predicted molar refractivity (Wildman–Crippen MR) is 117 cm³/mol. The van der Waals surface area contributed by atoms with Gasteiger partial charge in [0.15, 0.2) is 5.82 Å². The standard InChI is InChI=1S/C25H37N3/c1-3-5-7-9-20-11-13-22(14-12-20)24-16-15-23(19-26-24)25-27-17-21(18-28-25)10-8-6-4-2/h15-20,22H,3-14H2,1-2H3. The van der Waals surface area contributed by atoms with Crippen LogP contribution in [0.25, 0.3) is 11.4 Å². The van der Waals surface area contributed by atoms with Crippen LogP contribution in [0.3, 0.4) is 0 Å². The minimum atomic E-state index is 0.637. The average molecular weight is 380 g/mol. The highest BCUT2D eigenvalue weighted by Gasteiger charge is 2.23. The lowest BCUT2D eigenvalue weighted by atomic mass is 9.78. The van der Waals surface area contributed by atoms with Crippen LogP contribution in [-0.4, -0.2) is 15.0 Å². The van der Waals surface area contributed by atoms with Crippen LogP contribution in [0.4, 0.5) is 0 Å². The van der Waals surface area contributed by atoms with Crippen molar-refractivity contribution in [2.45, 2.75) is 96.8 Å². The van der Waals surface area contributed by atoms with E-state index in [1.807, 2.05) is 18.6 Å². The van der Waals surface area contributed by atoms with Crippen molar-refractivity contribution in [1.29, 1.82) is 0 Å². The van der Waals surface area contributed by atoms with E-state index in [1.165, 1.54) is 81.9 Å². The fourth-order valence-electron chi connectivity index (χ4n) is 4.42. The van der Waals surface area contributed by atoms with Crippen molar-refractivity contribution in [1.82, 2.24) is 15.0 Å². The number of hydrogen-bond donors (Lipinski definition) is 0. The highest BCUT2D eigenvalue weighted by Crippen LogP contribution is 2.37. The quantitative estimate of drug-likeness (QED) is 0.412. The van der Waals surface area contributed by atoms with Crippen molar-refractivity contribution in [3.63, 3.8) is 0 Å². The van der Waals surface area contributed by atoms with Gasteiger partial charge in [0, 0.05) is 35.8 Å². The van der Waals surface area contributed by atoms with Crippen LogP contribution in [0.2, 0.25) is 0 Å². The largest absolute Gasteiger partial charge is 0.260 e. The third-order valence-corrected chi connectivity index (χ3v) is 6.30. The van der Waals surface area contributed by atoms with E-state index in [0.717, 1.165) is 23.7 Å². The second-order valence-corrected chi connectivity index (χ2v) is 8.56. The molecule has 0 aromatic carbocycles. The molecule has 0 aliphatic heterocycles. The molecular weight excluding hydrogens is 342 g/mol. The molecule has 2 aromatic heterocycles. The molecule has 152 valence electrons. The van der Waals surface area contributed by atoms with E-state index in [2.05, 4.69) is 35.9 Å². The fraction of sp³-hybridized carbons (Fsp3) is 0.640. The van der Waals surface area contributed by atoms with Gasteiger partial charge in [-0.2, -0.15) is 0 Å². The van der Waals surface area contributed by atoms with Crippen molar-refractivity contribution in [2.75, 3.05) is 0 Å². The summed E-state index contributed by atoms with van der Waals surface area (Å²) in [5, 5.41) is 0. The summed E-state index contributed by atoms with van der Waals surface area (Å²) < 4.78 is 0. The minimum absolute atomic E-state index is 0.637. The second kappa shape index (κ2) is 11.3. The lowest BCUT2D eigenvalue weighted by molar-refractivity contribution is 0.300. The first kappa shape index (κ1) is 21.0. The maximum Gasteiger partial charge on any atom is 0.160 e. The summed E-state index contributed by atoms with van der Waals surface area (Å²) in [7, 11) is 0. The van der Waals surface area contributed by atoms with Gasteiger partial charge in [0.25, 0.3) is 0 Å². The van der Waals surface area contributed by atoms with E-state index in [9.17, 15) is 0 Å². The van der Waals surface area contributed by atoms with Gasteiger partial charge in [-0.3, -0.25) is 4.98 Å². The third kappa shape index (κ3) is 6.12. The highest BCUT2D eigenvalue weighted by molar-refractivity contribution is 5.53. The zero-order chi connectivity index (χ0) is 19.6. The number of aryl methyl sites for hydroxylation is 1. The lowest BCUT2D eigenvalue weighted by Gasteiger charge is -2.28. The molecule has 1 fully saturated rings. The Kier molecular flexibility index (Phi) is 8.44. The Morgan fingerprint density at radius 2 is 1.50 bits per heavy atom. The minimum Gasteiger partial charge on any atom is -0.260 e. The molecule has 0 saturated heterocycles. The van der Waals surface area contributed by atoms with Crippen LogP contribution in [-0.2, 0) is 6.42 Å². The molecule has 0 atom stereocenters. The molecule has 1 saturated carbocycles. The van der Waals surface area contributed by atoms with Crippen molar-refractivity contribution in [3.8, 4) is 11.4 Å². The van der Waals surface area contributed by atoms with E-state index in [1.54, 1.807) is 0 Å². The molecule has 0 radical (unpaired) electrons. The third-order valence-electron chi connectivity index (χ3n) is 6.30. The Morgan fingerprint density at radius 3 is 2.14 bits per heavy atom. The van der Waals surface area contributed by atoms with Crippen LogP contribution in [0.5, 0.6) is 0 Å². The number of hydrogen-bond acceptors (Lipinski definition) is 3. The van der Waals surface area contributed by atoms with Crippen LogP contribution in [0.15, 0.2) is 30.7 Å². The Hall–Kier alpha value is -1.77. The summed E-state index contributed by atoms with van der Waals surface area (Å²) in [6.07, 6.45) is 21.6. The maximum absolute atomic E-state index is 4.78. The van der Waals surface area contributed by atoms with Gasteiger partial charge in [-0.25, -0.2) is 9.97 Å². The van der Waals surface area contributed by atoms with Gasteiger partial charge in [-0.1, -0.05) is 52.4 Å². The molecule has 3 heteroatoms. The molecule has 3 nitrogen and oxygen atoms in total. The smallest absolute Gasteiger partial charge is 0.160 e. The molecule has 2 aromatic rings. The van der Waals surface area contributed by atoms with E-state index >= 15 is 0 Å². The zero-order valence-corrected chi connectivity index (χ0v) is 17.9. The van der Waals surface area contributed by atoms with Gasteiger partial charge in [0.2, 0.25) is 0 Å². The maximum atomic E-state index is 4.78. The molecule has 0 unspecified atom stereocenters. The fourth-order valence-corrected chi connectivity index (χ4v) is 4.42. The number of pyridine rings is 1. The van der Waals surface area contributed by atoms with Gasteiger partial charge in [-0.15, -0.1) is 0 Å². The SMILES string of the molecule is CCCCCc1cnc(-c2ccc(C3CCC(CCCCC)CC3)nc2)nc1. The summed E-state index contributed by atoms with van der Waals surface area (Å²) in [5.74, 6) is 2.38. The van der Waals surface area contributed by atoms with Gasteiger partial charge in [0.05, 0.1) is 0 Å². The first-order valence-electron chi connectivity index (χ1n) is 11.6. The Bertz CT molecular complexity index is 670. The first-order chi connectivity index (χ1) is 13.8. The summed E-state index contributed by atoms with van der Waals surface area (Å²) in [4.78, 5) is 13.9. The molecule has 2 heterocycles. The van der Waals surface area contributed by atoms with Gasteiger partial charge >= 0.3 is 0 Å². The predicted octanol–water partition coefficient (Wildman–Crippen LogP) is 7.13. The Morgan fingerprint density at radius 1 is 0.786 bits per heavy atom. The summed E-state index contributed by atoms with van der Waals surface area (Å²) >= 11 is 0. The van der Waals surface area contributed by atoms with Crippen LogP contribution in [0, 0.1) is 5.92 Å². The number of aromatic nitrogens is 3. The Labute approximate surface area is 171 Å². The van der Waals surface area contributed by atoms with Gasteiger partial charge in [-0.05, 0) is 62.1 Å². The zero-order valence-electron chi connectivity index (χ0n) is 17.9. The van der Waals surface area contributed by atoms with E-state index in [-0.39, 0.29) is 0 Å². The van der Waals surface area contributed by atoms with Crippen molar-refractivity contribution >= 4 is 0 Å². The summed E-state index contributed by atoms with van der Waals surface area (Å²) in [5.41, 5.74) is 3.52. The number of nitrogens with zero attached hydrogens (tertiary/aromatic N) is 3. The monoisotopic (exact) mass is 379 g/mol. The molecule has 0 bridgehead atoms. The second-order valence-electron chi connectivity index (χ2n) is 8.56. The van der Waals surface area contributed by atoms with Crippen molar-refractivity contribution in [2.24, 2.45) is 5.92 Å². The van der Waals surface area contributed by atoms with Gasteiger partial charge in [0.1, 0.15) is 0 Å². The van der Waals surface area contributed by atoms with E-state index in [0.29, 0.717) is 5.92 Å². The van der Waals surface area contributed by atoms with Crippen LogP contribution < -0.4 is 0 Å². The molecule has 3 rings (SSSR count). The molecule has 0 spiro atoms. The molecule has 28 heavy (non-hydrogen) atoms. The molecular formula is C25H37N3. The molecule has 1 aliphatic rings.